The Labute approximate surface area is 193 Å². The predicted octanol–water partition coefficient (Wildman–Crippen LogP) is 8.34. The van der Waals surface area contributed by atoms with E-state index < -0.39 is 0 Å². The van der Waals surface area contributed by atoms with E-state index in [4.69, 9.17) is 0 Å². The first-order chi connectivity index (χ1) is 14.5. The second-order valence-electron chi connectivity index (χ2n) is 13.5. The van der Waals surface area contributed by atoms with Gasteiger partial charge in [-0.2, -0.15) is 0 Å². The van der Waals surface area contributed by atoms with Crippen LogP contribution in [0.2, 0.25) is 0 Å². The summed E-state index contributed by atoms with van der Waals surface area (Å²) in [5.41, 5.74) is 4.49. The molecule has 0 aromatic rings. The first kappa shape index (κ1) is 23.6. The minimum Gasteiger partial charge on any atom is -0.393 e. The minimum atomic E-state index is -0.0865. The molecule has 1 N–H and O–H groups in total. The molecule has 0 amide bonds. The van der Waals surface area contributed by atoms with Crippen molar-refractivity contribution in [2.45, 2.75) is 119 Å². The summed E-state index contributed by atoms with van der Waals surface area (Å²) in [5.74, 6) is 4.41. The summed E-state index contributed by atoms with van der Waals surface area (Å²) >= 11 is 0. The van der Waals surface area contributed by atoms with Crippen molar-refractivity contribution in [1.82, 2.24) is 0 Å². The van der Waals surface area contributed by atoms with Crippen LogP contribution in [0.4, 0.5) is 0 Å². The van der Waals surface area contributed by atoms with Gasteiger partial charge in [-0.25, -0.2) is 0 Å². The zero-order chi connectivity index (χ0) is 22.6. The Morgan fingerprint density at radius 2 is 1.87 bits per heavy atom. The molecule has 0 aromatic carbocycles. The Morgan fingerprint density at radius 1 is 1.13 bits per heavy atom. The van der Waals surface area contributed by atoms with E-state index in [0.717, 1.165) is 42.4 Å². The average Bonchev–Trinajstić information content (AvgIpc) is 3.05. The van der Waals surface area contributed by atoms with E-state index in [9.17, 15) is 5.11 Å². The Bertz CT molecular complexity index is 723. The largest absolute Gasteiger partial charge is 0.393 e. The van der Waals surface area contributed by atoms with Gasteiger partial charge in [-0.05, 0) is 117 Å². The maximum atomic E-state index is 10.3. The smallest absolute Gasteiger partial charge is 0.0577 e. The fourth-order valence-corrected chi connectivity index (χ4v) is 9.15. The van der Waals surface area contributed by atoms with Crippen molar-refractivity contribution in [3.05, 3.63) is 23.3 Å². The van der Waals surface area contributed by atoms with Gasteiger partial charge in [0.1, 0.15) is 0 Å². The molecule has 0 bridgehead atoms. The summed E-state index contributed by atoms with van der Waals surface area (Å²) in [7, 11) is 0. The highest BCUT2D eigenvalue weighted by atomic mass is 16.3. The second kappa shape index (κ2) is 8.34. The lowest BCUT2D eigenvalue weighted by Gasteiger charge is -2.58. The molecule has 1 nitrogen and oxygen atoms in total. The van der Waals surface area contributed by atoms with E-state index in [2.05, 4.69) is 60.6 Å². The van der Waals surface area contributed by atoms with Gasteiger partial charge in [-0.3, -0.25) is 0 Å². The molecule has 0 radical (unpaired) electrons. The zero-order valence-corrected chi connectivity index (χ0v) is 21.6. The zero-order valence-electron chi connectivity index (χ0n) is 21.6. The van der Waals surface area contributed by atoms with Gasteiger partial charge >= 0.3 is 0 Å². The van der Waals surface area contributed by atoms with Gasteiger partial charge in [-0.15, -0.1) is 0 Å². The molecule has 4 aliphatic rings. The topological polar surface area (TPSA) is 20.2 Å². The Morgan fingerprint density at radius 3 is 2.55 bits per heavy atom. The van der Waals surface area contributed by atoms with Crippen molar-refractivity contribution >= 4 is 0 Å². The molecular weight excluding hydrogens is 376 g/mol. The van der Waals surface area contributed by atoms with E-state index >= 15 is 0 Å². The molecular formula is C30H50O. The van der Waals surface area contributed by atoms with E-state index in [1.54, 1.807) is 11.1 Å². The molecule has 1 heteroatoms. The molecule has 0 spiro atoms. The molecule has 0 saturated heterocycles. The lowest BCUT2D eigenvalue weighted by atomic mass is 9.47. The van der Waals surface area contributed by atoms with Crippen molar-refractivity contribution in [2.24, 2.45) is 45.8 Å². The number of allylic oxidation sites excluding steroid dienone is 3. The van der Waals surface area contributed by atoms with Crippen LogP contribution >= 0.6 is 0 Å². The number of hydrogen-bond acceptors (Lipinski definition) is 1. The quantitative estimate of drug-likeness (QED) is 0.448. The Hall–Kier alpha value is -0.560. The summed E-state index contributed by atoms with van der Waals surface area (Å²) < 4.78 is 0. The van der Waals surface area contributed by atoms with Crippen LogP contribution < -0.4 is 0 Å². The standard InChI is InChI=1S/C30H50O/c1-8-21(28(3,4)5)10-9-20(2)25-13-14-26-24-12-11-22-19-23(31)15-17-29(22,6)27(24)16-18-30(25,26)7/h8,11,20,23-27,31H,9-10,12-19H2,1-7H3/t20-,23+,24+,25-,26+,27+,29+,30-/m1/s1. The fraction of sp³-hybridized carbons (Fsp3) is 0.867. The average molecular weight is 427 g/mol. The van der Waals surface area contributed by atoms with Crippen molar-refractivity contribution in [2.75, 3.05) is 0 Å². The van der Waals surface area contributed by atoms with Gasteiger partial charge in [-0.1, -0.05) is 64.8 Å². The summed E-state index contributed by atoms with van der Waals surface area (Å²) in [5, 5.41) is 10.3. The van der Waals surface area contributed by atoms with Gasteiger partial charge in [0.15, 0.2) is 0 Å². The van der Waals surface area contributed by atoms with Crippen LogP contribution in [-0.4, -0.2) is 11.2 Å². The molecule has 0 aromatic heterocycles. The summed E-state index contributed by atoms with van der Waals surface area (Å²) in [6.45, 7) is 17.2. The third-order valence-electron chi connectivity index (χ3n) is 11.0. The lowest BCUT2D eigenvalue weighted by Crippen LogP contribution is -2.50. The predicted molar refractivity (Wildman–Crippen MR) is 133 cm³/mol. The van der Waals surface area contributed by atoms with Crippen LogP contribution in [0.1, 0.15) is 113 Å². The summed E-state index contributed by atoms with van der Waals surface area (Å²) in [6.07, 6.45) is 17.8. The summed E-state index contributed by atoms with van der Waals surface area (Å²) in [6, 6.07) is 0. The number of hydrogen-bond donors (Lipinski definition) is 1. The molecule has 0 aliphatic heterocycles. The third-order valence-corrected chi connectivity index (χ3v) is 11.0. The second-order valence-corrected chi connectivity index (χ2v) is 13.5. The molecule has 0 unspecified atom stereocenters. The molecule has 4 rings (SSSR count). The van der Waals surface area contributed by atoms with Gasteiger partial charge in [0, 0.05) is 0 Å². The van der Waals surface area contributed by atoms with Crippen LogP contribution in [0.3, 0.4) is 0 Å². The fourth-order valence-electron chi connectivity index (χ4n) is 9.15. The summed E-state index contributed by atoms with van der Waals surface area (Å²) in [4.78, 5) is 0. The van der Waals surface area contributed by atoms with Crippen molar-refractivity contribution in [3.63, 3.8) is 0 Å². The first-order valence-corrected chi connectivity index (χ1v) is 13.5. The number of aliphatic hydroxyl groups excluding tert-OH is 1. The van der Waals surface area contributed by atoms with E-state index in [1.807, 2.05) is 0 Å². The molecule has 176 valence electrons. The Balaban J connectivity index is 1.48. The van der Waals surface area contributed by atoms with Crippen molar-refractivity contribution in [3.8, 4) is 0 Å². The van der Waals surface area contributed by atoms with Gasteiger partial charge in [0.2, 0.25) is 0 Å². The SMILES string of the molecule is CC=C(CC[C@@H](C)[C@H]1CC[C@H]2[C@@H]3CC=C4C[C@@H](O)CC[C@]4(C)[C@H]3CC[C@]12C)C(C)(C)C. The number of aliphatic hydroxyl groups is 1. The van der Waals surface area contributed by atoms with Crippen LogP contribution in [0.15, 0.2) is 23.3 Å². The van der Waals surface area contributed by atoms with Gasteiger partial charge in [0.25, 0.3) is 0 Å². The van der Waals surface area contributed by atoms with E-state index in [1.165, 1.54) is 51.4 Å². The molecule has 3 saturated carbocycles. The highest BCUT2D eigenvalue weighted by Crippen LogP contribution is 2.67. The highest BCUT2D eigenvalue weighted by molar-refractivity contribution is 5.25. The van der Waals surface area contributed by atoms with Crippen LogP contribution in [0.25, 0.3) is 0 Å². The third kappa shape index (κ3) is 4.00. The van der Waals surface area contributed by atoms with Gasteiger partial charge < -0.3 is 5.11 Å². The molecule has 8 atom stereocenters. The molecule has 3 fully saturated rings. The number of fused-ring (bicyclic) bond motifs is 5. The maximum Gasteiger partial charge on any atom is 0.0577 e. The monoisotopic (exact) mass is 426 g/mol. The first-order valence-electron chi connectivity index (χ1n) is 13.5. The van der Waals surface area contributed by atoms with Gasteiger partial charge in [0.05, 0.1) is 6.10 Å². The molecule has 0 heterocycles. The maximum absolute atomic E-state index is 10.3. The van der Waals surface area contributed by atoms with Crippen LogP contribution in [-0.2, 0) is 0 Å². The van der Waals surface area contributed by atoms with Crippen molar-refractivity contribution < 1.29 is 5.11 Å². The van der Waals surface area contributed by atoms with E-state index in [-0.39, 0.29) is 6.10 Å². The number of rotatable bonds is 4. The Kier molecular flexibility index (Phi) is 6.35. The minimum absolute atomic E-state index is 0.0865. The van der Waals surface area contributed by atoms with Crippen LogP contribution in [0.5, 0.6) is 0 Å². The van der Waals surface area contributed by atoms with E-state index in [0.29, 0.717) is 16.2 Å². The van der Waals surface area contributed by atoms with Crippen LogP contribution in [0, 0.1) is 45.8 Å². The molecule has 31 heavy (non-hydrogen) atoms. The molecule has 4 aliphatic carbocycles. The lowest BCUT2D eigenvalue weighted by molar-refractivity contribution is -0.0571. The van der Waals surface area contributed by atoms with Crippen molar-refractivity contribution in [1.29, 1.82) is 0 Å². The highest BCUT2D eigenvalue weighted by Gasteiger charge is 2.59. The normalized spacial score (nSPS) is 44.2.